The zero-order chi connectivity index (χ0) is 14.4. The molecule has 2 rings (SSSR count). The Morgan fingerprint density at radius 2 is 2.00 bits per heavy atom. The van der Waals surface area contributed by atoms with Crippen molar-refractivity contribution in [2.45, 2.75) is 45.1 Å². The highest BCUT2D eigenvalue weighted by molar-refractivity contribution is 7.89. The molecule has 1 aliphatic rings. The summed E-state index contributed by atoms with van der Waals surface area (Å²) in [5, 5.41) is 0. The van der Waals surface area contributed by atoms with Gasteiger partial charge in [0, 0.05) is 19.1 Å². The molecule has 2 heterocycles. The van der Waals surface area contributed by atoms with Crippen LogP contribution in [0, 0.1) is 19.3 Å². The van der Waals surface area contributed by atoms with Crippen LogP contribution in [0.1, 0.15) is 31.8 Å². The molecule has 116 valence electrons. The van der Waals surface area contributed by atoms with Crippen molar-refractivity contribution in [2.75, 3.05) is 13.1 Å². The van der Waals surface area contributed by atoms with Crippen molar-refractivity contribution in [1.29, 1.82) is 0 Å². The van der Waals surface area contributed by atoms with Gasteiger partial charge in [-0.3, -0.25) is 0 Å². The third-order valence-corrected chi connectivity index (χ3v) is 5.84. The van der Waals surface area contributed by atoms with Crippen molar-refractivity contribution >= 4 is 22.4 Å². The maximum absolute atomic E-state index is 12.6. The standard InChI is InChI=1S/C13H22N2O3S.ClH/c1-9-7-11(10(2)18-9)19(16,17)15-6-5-12(14)13(3,4)8-15;/h7,12H,5-6,8,14H2,1-4H3;1H. The molecule has 1 aromatic rings. The lowest BCUT2D eigenvalue weighted by atomic mass is 9.81. The molecule has 2 N–H and O–H groups in total. The monoisotopic (exact) mass is 322 g/mol. The molecular weight excluding hydrogens is 300 g/mol. The third kappa shape index (κ3) is 3.03. The topological polar surface area (TPSA) is 76.5 Å². The smallest absolute Gasteiger partial charge is 0.246 e. The number of aryl methyl sites for hydroxylation is 2. The number of hydrogen-bond acceptors (Lipinski definition) is 4. The zero-order valence-corrected chi connectivity index (χ0v) is 14.0. The molecule has 5 nitrogen and oxygen atoms in total. The van der Waals surface area contributed by atoms with Gasteiger partial charge in [-0.25, -0.2) is 8.42 Å². The highest BCUT2D eigenvalue weighted by Crippen LogP contribution is 2.32. The Bertz CT molecular complexity index is 580. The molecule has 1 saturated heterocycles. The molecule has 0 radical (unpaired) electrons. The lowest BCUT2D eigenvalue weighted by Crippen LogP contribution is -2.53. The van der Waals surface area contributed by atoms with Gasteiger partial charge in [0.1, 0.15) is 16.4 Å². The molecule has 0 aromatic carbocycles. The average molecular weight is 323 g/mol. The van der Waals surface area contributed by atoms with Gasteiger partial charge in [-0.15, -0.1) is 12.4 Å². The minimum Gasteiger partial charge on any atom is -0.465 e. The van der Waals surface area contributed by atoms with Gasteiger partial charge < -0.3 is 10.2 Å². The Morgan fingerprint density at radius 3 is 2.45 bits per heavy atom. The highest BCUT2D eigenvalue weighted by atomic mass is 35.5. The summed E-state index contributed by atoms with van der Waals surface area (Å²) < 4.78 is 32.1. The number of rotatable bonds is 2. The minimum atomic E-state index is -3.48. The van der Waals surface area contributed by atoms with Crippen LogP contribution < -0.4 is 5.73 Å². The second-order valence-electron chi connectivity index (χ2n) is 6.00. The molecule has 0 aliphatic carbocycles. The van der Waals surface area contributed by atoms with Crippen LogP contribution in [0.2, 0.25) is 0 Å². The van der Waals surface area contributed by atoms with Gasteiger partial charge >= 0.3 is 0 Å². The van der Waals surface area contributed by atoms with Gasteiger partial charge in [-0.1, -0.05) is 13.8 Å². The van der Waals surface area contributed by atoms with Gasteiger partial charge in [-0.05, 0) is 31.7 Å². The summed E-state index contributed by atoms with van der Waals surface area (Å²) in [6.45, 7) is 8.36. The summed E-state index contributed by atoms with van der Waals surface area (Å²) >= 11 is 0. The van der Waals surface area contributed by atoms with Crippen LogP contribution in [0.15, 0.2) is 15.4 Å². The van der Waals surface area contributed by atoms with Crippen molar-refractivity contribution in [2.24, 2.45) is 11.1 Å². The summed E-state index contributed by atoms with van der Waals surface area (Å²) in [4.78, 5) is 0.274. The Morgan fingerprint density at radius 1 is 1.40 bits per heavy atom. The van der Waals surface area contributed by atoms with Crippen molar-refractivity contribution in [3.8, 4) is 0 Å². The van der Waals surface area contributed by atoms with Crippen LogP contribution in [0.4, 0.5) is 0 Å². The van der Waals surface area contributed by atoms with E-state index in [1.807, 2.05) is 13.8 Å². The van der Waals surface area contributed by atoms with Crippen molar-refractivity contribution in [3.05, 3.63) is 17.6 Å². The first-order valence-electron chi connectivity index (χ1n) is 6.47. The quantitative estimate of drug-likeness (QED) is 0.904. The van der Waals surface area contributed by atoms with Gasteiger partial charge in [-0.2, -0.15) is 4.31 Å². The SMILES string of the molecule is Cc1cc(S(=O)(=O)N2CCC(N)C(C)(C)C2)c(C)o1.Cl. The maximum Gasteiger partial charge on any atom is 0.246 e. The van der Waals surface area contributed by atoms with Gasteiger partial charge in [0.2, 0.25) is 10.0 Å². The number of piperidine rings is 1. The molecule has 7 heteroatoms. The maximum atomic E-state index is 12.6. The minimum absolute atomic E-state index is 0. The van der Waals surface area contributed by atoms with E-state index in [1.165, 1.54) is 4.31 Å². The zero-order valence-electron chi connectivity index (χ0n) is 12.3. The fourth-order valence-corrected chi connectivity index (χ4v) is 4.38. The second-order valence-corrected chi connectivity index (χ2v) is 7.91. The third-order valence-electron chi connectivity index (χ3n) is 3.89. The summed E-state index contributed by atoms with van der Waals surface area (Å²) in [5.41, 5.74) is 5.84. The van der Waals surface area contributed by atoms with Crippen LogP contribution >= 0.6 is 12.4 Å². The number of halogens is 1. The molecule has 1 fully saturated rings. The van der Waals surface area contributed by atoms with E-state index in [0.29, 0.717) is 31.0 Å². The summed E-state index contributed by atoms with van der Waals surface area (Å²) in [6.07, 6.45) is 0.683. The predicted molar refractivity (Wildman–Crippen MR) is 80.6 cm³/mol. The van der Waals surface area contributed by atoms with E-state index in [9.17, 15) is 8.42 Å². The number of nitrogens with zero attached hydrogens (tertiary/aromatic N) is 1. The normalized spacial score (nSPS) is 23.4. The van der Waals surface area contributed by atoms with Crippen LogP contribution in [-0.2, 0) is 10.0 Å². The molecule has 1 atom stereocenters. The van der Waals surface area contributed by atoms with E-state index in [4.69, 9.17) is 10.2 Å². The van der Waals surface area contributed by atoms with Crippen LogP contribution in [0.5, 0.6) is 0 Å². The molecule has 0 amide bonds. The average Bonchev–Trinajstić information content (AvgIpc) is 2.62. The van der Waals surface area contributed by atoms with E-state index in [0.717, 1.165) is 0 Å². The number of hydrogen-bond donors (Lipinski definition) is 1. The van der Waals surface area contributed by atoms with Crippen LogP contribution in [0.3, 0.4) is 0 Å². The van der Waals surface area contributed by atoms with Gasteiger partial charge in [0.05, 0.1) is 0 Å². The largest absolute Gasteiger partial charge is 0.465 e. The van der Waals surface area contributed by atoms with E-state index in [1.54, 1.807) is 19.9 Å². The highest BCUT2D eigenvalue weighted by Gasteiger charge is 2.39. The molecule has 0 spiro atoms. The molecule has 20 heavy (non-hydrogen) atoms. The molecule has 0 bridgehead atoms. The lowest BCUT2D eigenvalue weighted by molar-refractivity contribution is 0.155. The Labute approximate surface area is 127 Å². The summed E-state index contributed by atoms with van der Waals surface area (Å²) in [5.74, 6) is 1.06. The van der Waals surface area contributed by atoms with E-state index in [2.05, 4.69) is 0 Å². The van der Waals surface area contributed by atoms with E-state index in [-0.39, 0.29) is 28.8 Å². The molecule has 0 saturated carbocycles. The summed E-state index contributed by atoms with van der Waals surface area (Å²) in [7, 11) is -3.48. The number of furan rings is 1. The van der Waals surface area contributed by atoms with E-state index < -0.39 is 10.0 Å². The fraction of sp³-hybridized carbons (Fsp3) is 0.692. The molecule has 1 aromatic heterocycles. The van der Waals surface area contributed by atoms with E-state index >= 15 is 0 Å². The molecule has 1 unspecified atom stereocenters. The summed E-state index contributed by atoms with van der Waals surface area (Å²) in [6, 6.07) is 1.62. The first-order chi connectivity index (χ1) is 8.64. The molecule has 1 aliphatic heterocycles. The second kappa shape index (κ2) is 5.67. The Balaban J connectivity index is 0.00000200. The lowest BCUT2D eigenvalue weighted by Gasteiger charge is -2.41. The van der Waals surface area contributed by atoms with Crippen LogP contribution in [-0.4, -0.2) is 31.9 Å². The predicted octanol–water partition coefficient (Wildman–Crippen LogP) is 2.07. The van der Waals surface area contributed by atoms with Gasteiger partial charge in [0.15, 0.2) is 0 Å². The number of nitrogens with two attached hydrogens (primary N) is 1. The van der Waals surface area contributed by atoms with Crippen molar-refractivity contribution in [1.82, 2.24) is 4.31 Å². The van der Waals surface area contributed by atoms with Crippen LogP contribution in [0.25, 0.3) is 0 Å². The molecular formula is C13H23ClN2O3S. The van der Waals surface area contributed by atoms with Crippen molar-refractivity contribution < 1.29 is 12.8 Å². The van der Waals surface area contributed by atoms with Gasteiger partial charge in [0.25, 0.3) is 0 Å². The Hall–Kier alpha value is -0.560. The first kappa shape index (κ1) is 17.5. The Kier molecular flexibility index (Phi) is 4.96. The van der Waals surface area contributed by atoms with Crippen molar-refractivity contribution in [3.63, 3.8) is 0 Å². The first-order valence-corrected chi connectivity index (χ1v) is 7.91. The fourth-order valence-electron chi connectivity index (χ4n) is 2.53. The number of sulfonamides is 1.